The standard InChI is InChI=1S/C11H8F6NO/c1-2-8(19)18-7-5-3-4-6(10(12,13)14)9(7)11(15,16)17/h3-5H,1-2H2,(H,18,19). The maximum atomic E-state index is 12.7. The van der Waals surface area contributed by atoms with Gasteiger partial charge in [-0.25, -0.2) is 0 Å². The number of hydrogen-bond donors (Lipinski definition) is 1. The molecule has 19 heavy (non-hydrogen) atoms. The molecule has 0 heterocycles. The second kappa shape index (κ2) is 5.10. The lowest BCUT2D eigenvalue weighted by Gasteiger charge is -2.19. The Morgan fingerprint density at radius 1 is 1.11 bits per heavy atom. The quantitative estimate of drug-likeness (QED) is 0.820. The molecule has 1 radical (unpaired) electrons. The molecule has 0 fully saturated rings. The number of rotatable bonds is 2. The number of halogens is 6. The highest BCUT2D eigenvalue weighted by atomic mass is 19.4. The van der Waals surface area contributed by atoms with Crippen LogP contribution < -0.4 is 5.32 Å². The van der Waals surface area contributed by atoms with Crippen molar-refractivity contribution in [3.05, 3.63) is 36.2 Å². The summed E-state index contributed by atoms with van der Waals surface area (Å²) in [7, 11) is 0. The van der Waals surface area contributed by atoms with Gasteiger partial charge >= 0.3 is 12.4 Å². The van der Waals surface area contributed by atoms with Crippen LogP contribution in [0.25, 0.3) is 0 Å². The van der Waals surface area contributed by atoms with Crippen LogP contribution in [0.2, 0.25) is 0 Å². The number of nitrogens with one attached hydrogen (secondary N) is 1. The second-order valence-electron chi connectivity index (χ2n) is 3.52. The van der Waals surface area contributed by atoms with Gasteiger partial charge in [-0.1, -0.05) is 6.07 Å². The van der Waals surface area contributed by atoms with E-state index in [-0.39, 0.29) is 0 Å². The Bertz CT molecular complexity index is 477. The van der Waals surface area contributed by atoms with Gasteiger partial charge in [0.05, 0.1) is 16.8 Å². The zero-order valence-electron chi connectivity index (χ0n) is 9.32. The predicted octanol–water partition coefficient (Wildman–Crippen LogP) is 3.89. The average Bonchev–Trinajstić information content (AvgIpc) is 2.25. The van der Waals surface area contributed by atoms with Crippen molar-refractivity contribution in [2.45, 2.75) is 18.8 Å². The van der Waals surface area contributed by atoms with Gasteiger partial charge in [0.25, 0.3) is 0 Å². The Balaban J connectivity index is 3.44. The topological polar surface area (TPSA) is 29.1 Å². The van der Waals surface area contributed by atoms with E-state index >= 15 is 0 Å². The van der Waals surface area contributed by atoms with Crippen LogP contribution in [0.5, 0.6) is 0 Å². The molecular formula is C11H8F6NO. The molecule has 1 rings (SSSR count). The summed E-state index contributed by atoms with van der Waals surface area (Å²) in [4.78, 5) is 11.0. The first-order chi connectivity index (χ1) is 8.57. The Morgan fingerprint density at radius 3 is 2.11 bits per heavy atom. The minimum atomic E-state index is -5.24. The van der Waals surface area contributed by atoms with E-state index in [2.05, 4.69) is 6.92 Å². The molecule has 2 nitrogen and oxygen atoms in total. The Labute approximate surface area is 104 Å². The van der Waals surface area contributed by atoms with Crippen molar-refractivity contribution in [1.82, 2.24) is 0 Å². The monoisotopic (exact) mass is 284 g/mol. The molecule has 1 N–H and O–H groups in total. The number of benzene rings is 1. The molecule has 0 saturated carbocycles. The molecule has 0 saturated heterocycles. The Hall–Kier alpha value is -1.73. The number of carbonyl (C=O) groups is 1. The van der Waals surface area contributed by atoms with Crippen LogP contribution in [-0.2, 0) is 17.1 Å². The van der Waals surface area contributed by atoms with Gasteiger partial charge in [0, 0.05) is 6.42 Å². The van der Waals surface area contributed by atoms with Crippen LogP contribution in [0, 0.1) is 6.92 Å². The van der Waals surface area contributed by atoms with E-state index < -0.39 is 41.5 Å². The highest BCUT2D eigenvalue weighted by Crippen LogP contribution is 2.43. The van der Waals surface area contributed by atoms with Gasteiger partial charge in [-0.15, -0.1) is 0 Å². The van der Waals surface area contributed by atoms with Gasteiger partial charge in [0.15, 0.2) is 0 Å². The fourth-order valence-electron chi connectivity index (χ4n) is 1.41. The van der Waals surface area contributed by atoms with Gasteiger partial charge < -0.3 is 5.32 Å². The number of carbonyl (C=O) groups excluding carboxylic acids is 1. The lowest BCUT2D eigenvalue weighted by Crippen LogP contribution is -2.21. The Kier molecular flexibility index (Phi) is 4.12. The number of anilines is 1. The summed E-state index contributed by atoms with van der Waals surface area (Å²) in [6, 6.07) is 1.85. The van der Waals surface area contributed by atoms with E-state index in [4.69, 9.17) is 0 Å². The maximum absolute atomic E-state index is 12.7. The summed E-state index contributed by atoms with van der Waals surface area (Å²) in [5.74, 6) is -0.912. The summed E-state index contributed by atoms with van der Waals surface area (Å²) in [5, 5.41) is 1.76. The van der Waals surface area contributed by atoms with Crippen molar-refractivity contribution in [3.63, 3.8) is 0 Å². The average molecular weight is 284 g/mol. The molecule has 0 atom stereocenters. The van der Waals surface area contributed by atoms with Crippen molar-refractivity contribution < 1.29 is 31.1 Å². The predicted molar refractivity (Wildman–Crippen MR) is 55.0 cm³/mol. The largest absolute Gasteiger partial charge is 0.419 e. The third-order valence-electron chi connectivity index (χ3n) is 2.15. The van der Waals surface area contributed by atoms with Gasteiger partial charge in [0.1, 0.15) is 0 Å². The van der Waals surface area contributed by atoms with Crippen molar-refractivity contribution in [1.29, 1.82) is 0 Å². The molecule has 8 heteroatoms. The van der Waals surface area contributed by atoms with Crippen LogP contribution in [0.1, 0.15) is 17.5 Å². The number of amides is 1. The second-order valence-corrected chi connectivity index (χ2v) is 3.52. The molecule has 1 aromatic carbocycles. The first-order valence-electron chi connectivity index (χ1n) is 4.94. The van der Waals surface area contributed by atoms with Gasteiger partial charge in [-0.2, -0.15) is 26.3 Å². The molecule has 0 bridgehead atoms. The van der Waals surface area contributed by atoms with Gasteiger partial charge in [-0.05, 0) is 19.1 Å². The van der Waals surface area contributed by atoms with Crippen LogP contribution >= 0.6 is 0 Å². The normalized spacial score (nSPS) is 12.4. The molecule has 1 aromatic rings. The molecule has 0 aromatic heterocycles. The molecule has 1 amide bonds. The maximum Gasteiger partial charge on any atom is 0.419 e. The summed E-state index contributed by atoms with van der Waals surface area (Å²) in [5.41, 5.74) is -4.69. The smallest absolute Gasteiger partial charge is 0.325 e. The third kappa shape index (κ3) is 3.62. The van der Waals surface area contributed by atoms with Gasteiger partial charge in [-0.3, -0.25) is 4.79 Å². The lowest BCUT2D eigenvalue weighted by atomic mass is 10.0. The minimum absolute atomic E-state index is 0.308. The molecule has 0 aliphatic rings. The van der Waals surface area contributed by atoms with Gasteiger partial charge in [0.2, 0.25) is 5.91 Å². The first-order valence-corrected chi connectivity index (χ1v) is 4.94. The van der Waals surface area contributed by atoms with E-state index in [0.717, 1.165) is 12.1 Å². The number of hydrogen-bond acceptors (Lipinski definition) is 1. The van der Waals surface area contributed by atoms with E-state index in [0.29, 0.717) is 6.07 Å². The van der Waals surface area contributed by atoms with E-state index in [9.17, 15) is 31.1 Å². The van der Waals surface area contributed by atoms with E-state index in [1.165, 1.54) is 0 Å². The molecule has 0 aliphatic carbocycles. The van der Waals surface area contributed by atoms with Crippen LogP contribution in [0.3, 0.4) is 0 Å². The molecule has 0 aliphatic heterocycles. The number of alkyl halides is 6. The lowest BCUT2D eigenvalue weighted by molar-refractivity contribution is -0.161. The SMILES string of the molecule is [CH2]CC(=O)Nc1cccc(C(F)(F)F)c1C(F)(F)F. The third-order valence-corrected chi connectivity index (χ3v) is 2.15. The zero-order chi connectivity index (χ0) is 14.8. The van der Waals surface area contributed by atoms with Crippen LogP contribution in [0.4, 0.5) is 32.0 Å². The summed E-state index contributed by atoms with van der Waals surface area (Å²) < 4.78 is 75.8. The minimum Gasteiger partial charge on any atom is -0.325 e. The van der Waals surface area contributed by atoms with Crippen molar-refractivity contribution in [2.24, 2.45) is 0 Å². The van der Waals surface area contributed by atoms with Crippen molar-refractivity contribution in [3.8, 4) is 0 Å². The zero-order valence-corrected chi connectivity index (χ0v) is 9.32. The van der Waals surface area contributed by atoms with Crippen LogP contribution in [0.15, 0.2) is 18.2 Å². The highest BCUT2D eigenvalue weighted by molar-refractivity contribution is 5.92. The molecule has 0 spiro atoms. The summed E-state index contributed by atoms with van der Waals surface area (Å²) in [6.07, 6.45) is -10.8. The molecule has 0 unspecified atom stereocenters. The summed E-state index contributed by atoms with van der Waals surface area (Å²) in [6.45, 7) is 3.13. The van der Waals surface area contributed by atoms with E-state index in [1.54, 1.807) is 5.32 Å². The highest BCUT2D eigenvalue weighted by Gasteiger charge is 2.44. The molecular weight excluding hydrogens is 276 g/mol. The molecule has 105 valence electrons. The van der Waals surface area contributed by atoms with Crippen molar-refractivity contribution in [2.75, 3.05) is 5.32 Å². The summed E-state index contributed by atoms with van der Waals surface area (Å²) >= 11 is 0. The van der Waals surface area contributed by atoms with E-state index in [1.807, 2.05) is 0 Å². The Morgan fingerprint density at radius 2 is 1.68 bits per heavy atom. The first kappa shape index (κ1) is 15.3. The fraction of sp³-hybridized carbons (Fsp3) is 0.273. The fourth-order valence-corrected chi connectivity index (χ4v) is 1.41. The van der Waals surface area contributed by atoms with Crippen molar-refractivity contribution >= 4 is 11.6 Å². The van der Waals surface area contributed by atoms with Crippen LogP contribution in [-0.4, -0.2) is 5.91 Å².